The topological polar surface area (TPSA) is 85.1 Å². The molecule has 0 spiro atoms. The van der Waals surface area contributed by atoms with Gasteiger partial charge in [-0.2, -0.15) is 0 Å². The lowest BCUT2D eigenvalue weighted by molar-refractivity contribution is 0.372. The van der Waals surface area contributed by atoms with Crippen molar-refractivity contribution in [3.8, 4) is 0 Å². The molecule has 0 saturated heterocycles. The zero-order valence-electron chi connectivity index (χ0n) is 10.1. The summed E-state index contributed by atoms with van der Waals surface area (Å²) in [4.78, 5) is 3.58. The van der Waals surface area contributed by atoms with E-state index in [1.54, 1.807) is 6.92 Å². The van der Waals surface area contributed by atoms with Gasteiger partial charge in [-0.25, -0.2) is 22.5 Å². The molecule has 1 heterocycles. The second kappa shape index (κ2) is 4.56. The summed E-state index contributed by atoms with van der Waals surface area (Å²) >= 11 is 0. The molecule has 1 fully saturated rings. The van der Waals surface area contributed by atoms with Crippen LogP contribution in [-0.4, -0.2) is 25.5 Å². The third-order valence-electron chi connectivity index (χ3n) is 3.25. The van der Waals surface area contributed by atoms with E-state index in [9.17, 15) is 12.8 Å². The molecule has 0 radical (unpaired) electrons. The van der Waals surface area contributed by atoms with Gasteiger partial charge in [-0.3, -0.25) is 0 Å². The summed E-state index contributed by atoms with van der Waals surface area (Å²) in [5, 5.41) is -0.578. The van der Waals surface area contributed by atoms with Crippen LogP contribution in [0, 0.1) is 11.7 Å². The summed E-state index contributed by atoms with van der Waals surface area (Å²) in [5.41, 5.74) is 4.90. The van der Waals surface area contributed by atoms with Gasteiger partial charge in [0.25, 0.3) is 10.0 Å². The van der Waals surface area contributed by atoms with Gasteiger partial charge in [0, 0.05) is 18.3 Å². The molecule has 1 aliphatic carbocycles. The SMILES string of the molecule is CC(CN)(NS(=O)(=O)c1ncccc1F)C1CC1. The van der Waals surface area contributed by atoms with Crippen LogP contribution in [0.4, 0.5) is 4.39 Å². The minimum Gasteiger partial charge on any atom is -0.329 e. The minimum absolute atomic E-state index is 0.172. The molecule has 1 saturated carbocycles. The molecule has 2 rings (SSSR count). The number of halogens is 1. The molecule has 18 heavy (non-hydrogen) atoms. The lowest BCUT2D eigenvalue weighted by Gasteiger charge is -2.28. The van der Waals surface area contributed by atoms with E-state index in [1.807, 2.05) is 0 Å². The van der Waals surface area contributed by atoms with Gasteiger partial charge >= 0.3 is 0 Å². The van der Waals surface area contributed by atoms with Crippen LogP contribution in [-0.2, 0) is 10.0 Å². The fourth-order valence-electron chi connectivity index (χ4n) is 1.94. The molecule has 1 atom stereocenters. The van der Waals surface area contributed by atoms with Crippen LogP contribution in [0.3, 0.4) is 0 Å². The van der Waals surface area contributed by atoms with Gasteiger partial charge in [0.15, 0.2) is 5.82 Å². The molecule has 5 nitrogen and oxygen atoms in total. The maximum absolute atomic E-state index is 13.5. The number of aromatic nitrogens is 1. The Morgan fingerprint density at radius 2 is 2.28 bits per heavy atom. The highest BCUT2D eigenvalue weighted by Gasteiger charge is 2.44. The van der Waals surface area contributed by atoms with Crippen molar-refractivity contribution in [2.45, 2.75) is 30.3 Å². The molecule has 0 amide bonds. The van der Waals surface area contributed by atoms with E-state index in [2.05, 4.69) is 9.71 Å². The Kier molecular flexibility index (Phi) is 3.39. The van der Waals surface area contributed by atoms with Crippen molar-refractivity contribution in [1.82, 2.24) is 9.71 Å². The Labute approximate surface area is 106 Å². The summed E-state index contributed by atoms with van der Waals surface area (Å²) in [6.07, 6.45) is 3.11. The summed E-state index contributed by atoms with van der Waals surface area (Å²) < 4.78 is 40.1. The number of nitrogens with one attached hydrogen (secondary N) is 1. The summed E-state index contributed by atoms with van der Waals surface area (Å²) in [5.74, 6) is -0.649. The maximum Gasteiger partial charge on any atom is 0.261 e. The van der Waals surface area contributed by atoms with E-state index in [4.69, 9.17) is 5.73 Å². The third kappa shape index (κ3) is 2.52. The molecule has 1 aromatic rings. The van der Waals surface area contributed by atoms with Gasteiger partial charge < -0.3 is 5.73 Å². The van der Waals surface area contributed by atoms with Gasteiger partial charge in [0.1, 0.15) is 0 Å². The van der Waals surface area contributed by atoms with Crippen molar-refractivity contribution in [2.75, 3.05) is 6.54 Å². The first-order chi connectivity index (χ1) is 8.39. The maximum atomic E-state index is 13.5. The van der Waals surface area contributed by atoms with E-state index in [0.29, 0.717) is 0 Å². The number of hydrogen-bond donors (Lipinski definition) is 2. The van der Waals surface area contributed by atoms with Crippen LogP contribution in [0.2, 0.25) is 0 Å². The molecule has 1 unspecified atom stereocenters. The normalized spacial score (nSPS) is 19.5. The smallest absolute Gasteiger partial charge is 0.261 e. The number of sulfonamides is 1. The van der Waals surface area contributed by atoms with Crippen molar-refractivity contribution in [3.05, 3.63) is 24.1 Å². The number of nitrogens with zero attached hydrogens (tertiary/aromatic N) is 1. The second-order valence-electron chi connectivity index (χ2n) is 4.79. The highest BCUT2D eigenvalue weighted by molar-refractivity contribution is 7.89. The largest absolute Gasteiger partial charge is 0.329 e. The molecule has 1 aliphatic rings. The lowest BCUT2D eigenvalue weighted by Crippen LogP contribution is -2.53. The first-order valence-electron chi connectivity index (χ1n) is 5.73. The van der Waals surface area contributed by atoms with Crippen LogP contribution in [0.1, 0.15) is 19.8 Å². The number of rotatable bonds is 5. The molecule has 3 N–H and O–H groups in total. The molecule has 7 heteroatoms. The molecule has 0 bridgehead atoms. The van der Waals surface area contributed by atoms with Crippen LogP contribution < -0.4 is 10.5 Å². The van der Waals surface area contributed by atoms with Crippen molar-refractivity contribution < 1.29 is 12.8 Å². The molecule has 1 aromatic heterocycles. The van der Waals surface area contributed by atoms with Crippen LogP contribution in [0.25, 0.3) is 0 Å². The van der Waals surface area contributed by atoms with E-state index in [0.717, 1.165) is 18.9 Å². The first-order valence-corrected chi connectivity index (χ1v) is 7.22. The number of pyridine rings is 1. The van der Waals surface area contributed by atoms with Gasteiger partial charge in [-0.05, 0) is 37.8 Å². The molecular weight excluding hydrogens is 257 g/mol. The monoisotopic (exact) mass is 273 g/mol. The Hall–Kier alpha value is -1.05. The summed E-state index contributed by atoms with van der Waals surface area (Å²) in [7, 11) is -3.98. The highest BCUT2D eigenvalue weighted by Crippen LogP contribution is 2.39. The number of hydrogen-bond acceptors (Lipinski definition) is 4. The standard InChI is InChI=1S/C11H16FN3O2S/c1-11(7-13,8-4-5-8)15-18(16,17)10-9(12)3-2-6-14-10/h2-3,6,8,15H,4-5,7,13H2,1H3. The lowest BCUT2D eigenvalue weighted by atomic mass is 9.98. The van der Waals surface area contributed by atoms with Crippen molar-refractivity contribution in [2.24, 2.45) is 11.7 Å². The highest BCUT2D eigenvalue weighted by atomic mass is 32.2. The van der Waals surface area contributed by atoms with Crippen LogP contribution in [0.15, 0.2) is 23.4 Å². The van der Waals surface area contributed by atoms with Crippen LogP contribution >= 0.6 is 0 Å². The average Bonchev–Trinajstić information content (AvgIpc) is 3.12. The van der Waals surface area contributed by atoms with E-state index < -0.39 is 26.4 Å². The summed E-state index contributed by atoms with van der Waals surface area (Å²) in [6, 6.07) is 2.41. The fraction of sp³-hybridized carbons (Fsp3) is 0.545. The third-order valence-corrected chi connectivity index (χ3v) is 4.79. The molecule has 0 aromatic carbocycles. The van der Waals surface area contributed by atoms with Crippen LogP contribution in [0.5, 0.6) is 0 Å². The Morgan fingerprint density at radius 1 is 1.61 bits per heavy atom. The van der Waals surface area contributed by atoms with Gasteiger partial charge in [0.2, 0.25) is 5.03 Å². The van der Waals surface area contributed by atoms with Gasteiger partial charge in [-0.15, -0.1) is 0 Å². The van der Waals surface area contributed by atoms with Crippen molar-refractivity contribution >= 4 is 10.0 Å². The zero-order valence-corrected chi connectivity index (χ0v) is 10.9. The Morgan fingerprint density at radius 3 is 2.78 bits per heavy atom. The predicted molar refractivity (Wildman–Crippen MR) is 64.7 cm³/mol. The zero-order chi connectivity index (χ0) is 13.4. The second-order valence-corrected chi connectivity index (χ2v) is 6.39. The van der Waals surface area contributed by atoms with Gasteiger partial charge in [0.05, 0.1) is 0 Å². The number of nitrogens with two attached hydrogens (primary N) is 1. The van der Waals surface area contributed by atoms with E-state index in [1.165, 1.54) is 12.3 Å². The quantitative estimate of drug-likeness (QED) is 0.824. The first kappa shape index (κ1) is 13.4. The van der Waals surface area contributed by atoms with Gasteiger partial charge in [-0.1, -0.05) is 0 Å². The molecule has 0 aliphatic heterocycles. The van der Waals surface area contributed by atoms with E-state index in [-0.39, 0.29) is 12.5 Å². The van der Waals surface area contributed by atoms with E-state index >= 15 is 0 Å². The fourth-order valence-corrected chi connectivity index (χ4v) is 3.42. The van der Waals surface area contributed by atoms with Crippen molar-refractivity contribution in [1.29, 1.82) is 0 Å². The minimum atomic E-state index is -3.98. The predicted octanol–water partition coefficient (Wildman–Crippen LogP) is 0.626. The Bertz CT molecular complexity index is 545. The Balaban J connectivity index is 2.30. The summed E-state index contributed by atoms with van der Waals surface area (Å²) in [6.45, 7) is 1.91. The van der Waals surface area contributed by atoms with Crippen molar-refractivity contribution in [3.63, 3.8) is 0 Å². The average molecular weight is 273 g/mol. The molecular formula is C11H16FN3O2S. The molecule has 100 valence electrons.